The van der Waals surface area contributed by atoms with Gasteiger partial charge >= 0.3 is 5.97 Å². The van der Waals surface area contributed by atoms with E-state index < -0.39 is 21.5 Å². The third-order valence-corrected chi connectivity index (χ3v) is 3.52. The van der Waals surface area contributed by atoms with Crippen molar-refractivity contribution in [1.29, 1.82) is 0 Å². The van der Waals surface area contributed by atoms with Crippen LogP contribution in [0.5, 0.6) is 0 Å². The SMILES string of the molecule is COC(=O)C(C)(F)c1ccccc1S(C)(=O)=O. The molecule has 6 heteroatoms. The molecule has 17 heavy (non-hydrogen) atoms. The molecular formula is C11H13FO4S. The zero-order valence-corrected chi connectivity index (χ0v) is 10.5. The molecule has 0 bridgehead atoms. The lowest BCUT2D eigenvalue weighted by Gasteiger charge is -2.20. The van der Waals surface area contributed by atoms with Crippen molar-refractivity contribution in [1.82, 2.24) is 0 Å². The fraction of sp³-hybridized carbons (Fsp3) is 0.364. The molecule has 1 aromatic rings. The topological polar surface area (TPSA) is 60.4 Å². The van der Waals surface area contributed by atoms with Gasteiger partial charge in [-0.3, -0.25) is 0 Å². The largest absolute Gasteiger partial charge is 0.466 e. The van der Waals surface area contributed by atoms with Crippen LogP contribution in [0.15, 0.2) is 29.2 Å². The summed E-state index contributed by atoms with van der Waals surface area (Å²) in [5.74, 6) is -1.13. The number of esters is 1. The van der Waals surface area contributed by atoms with E-state index in [0.29, 0.717) is 0 Å². The van der Waals surface area contributed by atoms with Crippen molar-refractivity contribution in [2.75, 3.05) is 13.4 Å². The van der Waals surface area contributed by atoms with Gasteiger partial charge in [-0.15, -0.1) is 0 Å². The average molecular weight is 260 g/mol. The third-order valence-electron chi connectivity index (χ3n) is 2.36. The number of hydrogen-bond donors (Lipinski definition) is 0. The van der Waals surface area contributed by atoms with E-state index in [0.717, 1.165) is 20.3 Å². The minimum atomic E-state index is -3.61. The molecule has 0 saturated carbocycles. The average Bonchev–Trinajstić information content (AvgIpc) is 2.26. The van der Waals surface area contributed by atoms with E-state index >= 15 is 0 Å². The van der Waals surface area contributed by atoms with E-state index in [-0.39, 0.29) is 10.5 Å². The molecule has 1 aromatic carbocycles. The van der Waals surface area contributed by atoms with Gasteiger partial charge in [-0.05, 0) is 13.0 Å². The molecule has 0 aliphatic heterocycles. The molecule has 0 amide bonds. The predicted octanol–water partition coefficient (Wildman–Crippen LogP) is 1.45. The van der Waals surface area contributed by atoms with Crippen LogP contribution in [0.2, 0.25) is 0 Å². The quantitative estimate of drug-likeness (QED) is 0.772. The van der Waals surface area contributed by atoms with E-state index in [9.17, 15) is 17.6 Å². The Labute approximate surface area is 99.3 Å². The van der Waals surface area contributed by atoms with Crippen LogP contribution >= 0.6 is 0 Å². The predicted molar refractivity (Wildman–Crippen MR) is 60.0 cm³/mol. The van der Waals surface area contributed by atoms with Gasteiger partial charge in [0.15, 0.2) is 9.84 Å². The Morgan fingerprint density at radius 3 is 2.35 bits per heavy atom. The first-order valence-electron chi connectivity index (χ1n) is 4.78. The number of benzene rings is 1. The van der Waals surface area contributed by atoms with Crippen LogP contribution in [0.25, 0.3) is 0 Å². The number of alkyl halides is 1. The maximum absolute atomic E-state index is 14.3. The second kappa shape index (κ2) is 4.44. The Bertz CT molecular complexity index is 534. The molecule has 0 fully saturated rings. The van der Waals surface area contributed by atoms with Gasteiger partial charge in [-0.25, -0.2) is 17.6 Å². The summed E-state index contributed by atoms with van der Waals surface area (Å²) in [5.41, 5.74) is -2.71. The lowest BCUT2D eigenvalue weighted by Crippen LogP contribution is -2.30. The van der Waals surface area contributed by atoms with Crippen LogP contribution in [0.1, 0.15) is 12.5 Å². The maximum atomic E-state index is 14.3. The minimum absolute atomic E-state index is 0.213. The highest BCUT2D eigenvalue weighted by Gasteiger charge is 2.39. The molecule has 94 valence electrons. The summed E-state index contributed by atoms with van der Waals surface area (Å²) in [7, 11) is -2.56. The van der Waals surface area contributed by atoms with Crippen LogP contribution < -0.4 is 0 Å². The molecule has 0 radical (unpaired) electrons. The molecule has 0 N–H and O–H groups in total. The minimum Gasteiger partial charge on any atom is -0.466 e. The zero-order chi connectivity index (χ0) is 13.3. The van der Waals surface area contributed by atoms with Gasteiger partial charge in [0.1, 0.15) is 0 Å². The standard InChI is InChI=1S/C11H13FO4S/c1-11(12,10(13)16-2)8-6-4-5-7-9(8)17(3,14)15/h4-7H,1-3H3. The molecular weight excluding hydrogens is 247 g/mol. The fourth-order valence-corrected chi connectivity index (χ4v) is 2.46. The van der Waals surface area contributed by atoms with Crippen molar-refractivity contribution >= 4 is 15.8 Å². The highest BCUT2D eigenvalue weighted by Crippen LogP contribution is 2.32. The van der Waals surface area contributed by atoms with Gasteiger partial charge in [0.05, 0.1) is 12.0 Å². The summed E-state index contributed by atoms with van der Waals surface area (Å²) in [5, 5.41) is 0. The van der Waals surface area contributed by atoms with Crippen molar-refractivity contribution in [2.45, 2.75) is 17.5 Å². The lowest BCUT2D eigenvalue weighted by atomic mass is 9.98. The van der Waals surface area contributed by atoms with Gasteiger partial charge < -0.3 is 4.74 Å². The van der Waals surface area contributed by atoms with E-state index in [4.69, 9.17) is 0 Å². The Hall–Kier alpha value is -1.43. The van der Waals surface area contributed by atoms with Crippen molar-refractivity contribution in [3.8, 4) is 0 Å². The smallest absolute Gasteiger partial charge is 0.348 e. The summed E-state index contributed by atoms with van der Waals surface area (Å²) >= 11 is 0. The Morgan fingerprint density at radius 2 is 1.88 bits per heavy atom. The molecule has 0 heterocycles. The molecule has 0 spiro atoms. The normalized spacial score (nSPS) is 15.1. The number of rotatable bonds is 3. The molecule has 0 aromatic heterocycles. The molecule has 1 unspecified atom stereocenters. The number of methoxy groups -OCH3 is 1. The highest BCUT2D eigenvalue weighted by atomic mass is 32.2. The lowest BCUT2D eigenvalue weighted by molar-refractivity contribution is -0.154. The number of carbonyl (C=O) groups is 1. The van der Waals surface area contributed by atoms with Crippen LogP contribution in [0.3, 0.4) is 0 Å². The second-order valence-corrected chi connectivity index (χ2v) is 5.75. The van der Waals surface area contributed by atoms with Crippen LogP contribution in [0, 0.1) is 0 Å². The number of carbonyl (C=O) groups excluding carboxylic acids is 1. The zero-order valence-electron chi connectivity index (χ0n) is 9.73. The molecule has 1 atom stereocenters. The Morgan fingerprint density at radius 1 is 1.35 bits per heavy atom. The van der Waals surface area contributed by atoms with Gasteiger partial charge in [0.25, 0.3) is 0 Å². The van der Waals surface area contributed by atoms with Crippen molar-refractivity contribution in [3.05, 3.63) is 29.8 Å². The highest BCUT2D eigenvalue weighted by molar-refractivity contribution is 7.90. The molecule has 0 aliphatic carbocycles. The second-order valence-electron chi connectivity index (χ2n) is 3.76. The molecule has 1 rings (SSSR count). The number of halogens is 1. The van der Waals surface area contributed by atoms with Crippen molar-refractivity contribution < 1.29 is 22.3 Å². The van der Waals surface area contributed by atoms with E-state index in [1.54, 1.807) is 0 Å². The molecule has 4 nitrogen and oxygen atoms in total. The number of ether oxygens (including phenoxy) is 1. The van der Waals surface area contributed by atoms with E-state index in [1.807, 2.05) is 0 Å². The third kappa shape index (κ3) is 2.63. The van der Waals surface area contributed by atoms with Gasteiger partial charge in [-0.1, -0.05) is 18.2 Å². The van der Waals surface area contributed by atoms with Crippen LogP contribution in [0.4, 0.5) is 4.39 Å². The van der Waals surface area contributed by atoms with Gasteiger partial charge in [0, 0.05) is 11.8 Å². The first-order valence-corrected chi connectivity index (χ1v) is 6.67. The van der Waals surface area contributed by atoms with Crippen molar-refractivity contribution in [3.63, 3.8) is 0 Å². The van der Waals surface area contributed by atoms with E-state index in [2.05, 4.69) is 4.74 Å². The molecule has 0 aliphatic rings. The first kappa shape index (κ1) is 13.6. The van der Waals surface area contributed by atoms with Crippen molar-refractivity contribution in [2.24, 2.45) is 0 Å². The van der Waals surface area contributed by atoms with E-state index in [1.165, 1.54) is 24.3 Å². The first-order chi connectivity index (χ1) is 7.71. The summed E-state index contributed by atoms with van der Waals surface area (Å²) in [6.07, 6.45) is 0.958. The Kier molecular flexibility index (Phi) is 3.56. The summed E-state index contributed by atoms with van der Waals surface area (Å²) in [4.78, 5) is 11.1. The van der Waals surface area contributed by atoms with Gasteiger partial charge in [-0.2, -0.15) is 0 Å². The maximum Gasteiger partial charge on any atom is 0.348 e. The molecule has 0 saturated heterocycles. The fourth-order valence-electron chi connectivity index (χ4n) is 1.48. The monoisotopic (exact) mass is 260 g/mol. The van der Waals surface area contributed by atoms with Crippen LogP contribution in [-0.4, -0.2) is 27.8 Å². The summed E-state index contributed by atoms with van der Waals surface area (Å²) in [6, 6.07) is 5.44. The Balaban J connectivity index is 3.48. The number of sulfone groups is 1. The van der Waals surface area contributed by atoms with Crippen LogP contribution in [-0.2, 0) is 25.0 Å². The summed E-state index contributed by atoms with van der Waals surface area (Å²) < 4.78 is 41.6. The summed E-state index contributed by atoms with van der Waals surface area (Å²) in [6.45, 7) is 0.975. The number of hydrogen-bond acceptors (Lipinski definition) is 4. The van der Waals surface area contributed by atoms with Gasteiger partial charge in [0.2, 0.25) is 5.67 Å².